The lowest BCUT2D eigenvalue weighted by molar-refractivity contribution is -0.136. The molecule has 76 valence electrons. The number of hydrogen-bond donors (Lipinski definition) is 1. The Balaban J connectivity index is 3.10. The summed E-state index contributed by atoms with van der Waals surface area (Å²) >= 11 is 5.87. The lowest BCUT2D eigenvalue weighted by Crippen LogP contribution is -2.02. The van der Waals surface area contributed by atoms with Gasteiger partial charge < -0.3 is 9.84 Å². The van der Waals surface area contributed by atoms with Gasteiger partial charge in [0.1, 0.15) is 5.75 Å². The molecule has 1 N–H and O–H groups in total. The number of rotatable bonds is 3. The third-order valence-electron chi connectivity index (χ3n) is 1.95. The molecule has 4 heteroatoms. The summed E-state index contributed by atoms with van der Waals surface area (Å²) in [5.41, 5.74) is 1.58. The van der Waals surface area contributed by atoms with Gasteiger partial charge in [-0.05, 0) is 30.2 Å². The molecule has 0 spiro atoms. The van der Waals surface area contributed by atoms with Crippen LogP contribution in [0.2, 0.25) is 5.02 Å². The number of carboxylic acid groups (broad SMARTS) is 1. The molecule has 14 heavy (non-hydrogen) atoms. The molecular formula is C10H11ClO3. The summed E-state index contributed by atoms with van der Waals surface area (Å²) < 4.78 is 5.00. The van der Waals surface area contributed by atoms with Crippen molar-refractivity contribution in [1.82, 2.24) is 0 Å². The molecule has 0 fully saturated rings. The SMILES string of the molecule is COc1cc(CC(=O)O)c(C)cc1Cl. The third kappa shape index (κ3) is 2.39. The highest BCUT2D eigenvalue weighted by molar-refractivity contribution is 6.32. The van der Waals surface area contributed by atoms with Crippen molar-refractivity contribution < 1.29 is 14.6 Å². The highest BCUT2D eigenvalue weighted by Crippen LogP contribution is 2.27. The van der Waals surface area contributed by atoms with Crippen LogP contribution in [0.25, 0.3) is 0 Å². The molecule has 0 unspecified atom stereocenters. The fourth-order valence-corrected chi connectivity index (χ4v) is 1.50. The highest BCUT2D eigenvalue weighted by atomic mass is 35.5. The van der Waals surface area contributed by atoms with E-state index in [-0.39, 0.29) is 6.42 Å². The predicted molar refractivity (Wildman–Crippen MR) is 54.1 cm³/mol. The van der Waals surface area contributed by atoms with E-state index in [1.165, 1.54) is 7.11 Å². The van der Waals surface area contributed by atoms with Crippen LogP contribution < -0.4 is 4.74 Å². The zero-order valence-corrected chi connectivity index (χ0v) is 8.76. The van der Waals surface area contributed by atoms with E-state index in [1.54, 1.807) is 12.1 Å². The first kappa shape index (κ1) is 10.9. The molecule has 1 aromatic rings. The first-order valence-corrected chi connectivity index (χ1v) is 4.47. The normalized spacial score (nSPS) is 9.93. The number of ether oxygens (including phenoxy) is 1. The Morgan fingerprint density at radius 2 is 2.21 bits per heavy atom. The molecule has 0 atom stereocenters. The zero-order chi connectivity index (χ0) is 10.7. The Labute approximate surface area is 87.3 Å². The third-order valence-corrected chi connectivity index (χ3v) is 2.25. The van der Waals surface area contributed by atoms with E-state index in [0.717, 1.165) is 11.1 Å². The molecule has 1 rings (SSSR count). The van der Waals surface area contributed by atoms with Gasteiger partial charge in [0.05, 0.1) is 18.6 Å². The summed E-state index contributed by atoms with van der Waals surface area (Å²) in [6.07, 6.45) is -0.0145. The van der Waals surface area contributed by atoms with Gasteiger partial charge in [0, 0.05) is 0 Å². The maximum absolute atomic E-state index is 10.5. The molecule has 0 radical (unpaired) electrons. The van der Waals surface area contributed by atoms with Crippen molar-refractivity contribution in [3.8, 4) is 5.75 Å². The minimum Gasteiger partial charge on any atom is -0.495 e. The lowest BCUT2D eigenvalue weighted by Gasteiger charge is -2.08. The second-order valence-corrected chi connectivity index (χ2v) is 3.39. The van der Waals surface area contributed by atoms with Crippen LogP contribution in [0.1, 0.15) is 11.1 Å². The molecule has 3 nitrogen and oxygen atoms in total. The summed E-state index contributed by atoms with van der Waals surface area (Å²) in [5, 5.41) is 9.15. The summed E-state index contributed by atoms with van der Waals surface area (Å²) in [6.45, 7) is 1.82. The first-order valence-electron chi connectivity index (χ1n) is 4.09. The number of benzene rings is 1. The van der Waals surface area contributed by atoms with E-state index in [1.807, 2.05) is 6.92 Å². The average molecular weight is 215 g/mol. The first-order chi connectivity index (χ1) is 6.54. The molecule has 0 aliphatic heterocycles. The van der Waals surface area contributed by atoms with Gasteiger partial charge in [-0.1, -0.05) is 11.6 Å². The number of hydrogen-bond acceptors (Lipinski definition) is 2. The summed E-state index contributed by atoms with van der Waals surface area (Å²) in [6, 6.07) is 3.37. The molecule has 0 aliphatic rings. The minimum absolute atomic E-state index is 0.0145. The minimum atomic E-state index is -0.863. The summed E-state index contributed by atoms with van der Waals surface area (Å²) in [4.78, 5) is 10.5. The average Bonchev–Trinajstić information content (AvgIpc) is 2.09. The Kier molecular flexibility index (Phi) is 3.36. The maximum atomic E-state index is 10.5. The van der Waals surface area contributed by atoms with Crippen LogP contribution >= 0.6 is 11.6 Å². The Hall–Kier alpha value is -1.22. The van der Waals surface area contributed by atoms with E-state index in [9.17, 15) is 4.79 Å². The van der Waals surface area contributed by atoms with Gasteiger partial charge in [0.15, 0.2) is 0 Å². The monoisotopic (exact) mass is 214 g/mol. The molecule has 0 bridgehead atoms. The van der Waals surface area contributed by atoms with E-state index in [4.69, 9.17) is 21.4 Å². The quantitative estimate of drug-likeness (QED) is 0.840. The highest BCUT2D eigenvalue weighted by Gasteiger charge is 2.08. The van der Waals surface area contributed by atoms with Gasteiger partial charge in [-0.25, -0.2) is 0 Å². The van der Waals surface area contributed by atoms with Crippen molar-refractivity contribution in [2.45, 2.75) is 13.3 Å². The number of methoxy groups -OCH3 is 1. The van der Waals surface area contributed by atoms with Crippen molar-refractivity contribution in [3.63, 3.8) is 0 Å². The van der Waals surface area contributed by atoms with Crippen LogP contribution in [-0.4, -0.2) is 18.2 Å². The molecule has 0 amide bonds. The van der Waals surface area contributed by atoms with Crippen LogP contribution in [0.5, 0.6) is 5.75 Å². The second kappa shape index (κ2) is 4.33. The van der Waals surface area contributed by atoms with Crippen LogP contribution in [0.15, 0.2) is 12.1 Å². The second-order valence-electron chi connectivity index (χ2n) is 2.98. The lowest BCUT2D eigenvalue weighted by atomic mass is 10.1. The molecular weight excluding hydrogens is 204 g/mol. The number of carbonyl (C=O) groups is 1. The zero-order valence-electron chi connectivity index (χ0n) is 8.00. The van der Waals surface area contributed by atoms with E-state index in [0.29, 0.717) is 10.8 Å². The van der Waals surface area contributed by atoms with Gasteiger partial charge in [0.2, 0.25) is 0 Å². The molecule has 0 saturated heterocycles. The predicted octanol–water partition coefficient (Wildman–Crippen LogP) is 2.28. The Morgan fingerprint density at radius 3 is 2.71 bits per heavy atom. The number of aryl methyl sites for hydroxylation is 1. The van der Waals surface area contributed by atoms with E-state index in [2.05, 4.69) is 0 Å². The van der Waals surface area contributed by atoms with Gasteiger partial charge in [-0.15, -0.1) is 0 Å². The molecule has 0 aromatic heterocycles. The van der Waals surface area contributed by atoms with Crippen molar-refractivity contribution in [1.29, 1.82) is 0 Å². The Bertz CT molecular complexity index is 361. The van der Waals surface area contributed by atoms with E-state index >= 15 is 0 Å². The molecule has 1 aromatic carbocycles. The fraction of sp³-hybridized carbons (Fsp3) is 0.300. The van der Waals surface area contributed by atoms with Crippen molar-refractivity contribution in [2.24, 2.45) is 0 Å². The van der Waals surface area contributed by atoms with Gasteiger partial charge in [0.25, 0.3) is 0 Å². The van der Waals surface area contributed by atoms with Gasteiger partial charge >= 0.3 is 5.97 Å². The molecule has 0 saturated carbocycles. The Morgan fingerprint density at radius 1 is 1.57 bits per heavy atom. The maximum Gasteiger partial charge on any atom is 0.307 e. The van der Waals surface area contributed by atoms with Crippen LogP contribution in [0.4, 0.5) is 0 Å². The van der Waals surface area contributed by atoms with Gasteiger partial charge in [-0.3, -0.25) is 4.79 Å². The number of halogens is 1. The van der Waals surface area contributed by atoms with Crippen LogP contribution in [0, 0.1) is 6.92 Å². The van der Waals surface area contributed by atoms with E-state index < -0.39 is 5.97 Å². The van der Waals surface area contributed by atoms with Crippen LogP contribution in [-0.2, 0) is 11.2 Å². The number of carboxylic acids is 1. The van der Waals surface area contributed by atoms with Crippen molar-refractivity contribution >= 4 is 17.6 Å². The summed E-state index contributed by atoms with van der Waals surface area (Å²) in [5.74, 6) is -0.356. The van der Waals surface area contributed by atoms with Crippen molar-refractivity contribution in [2.75, 3.05) is 7.11 Å². The largest absolute Gasteiger partial charge is 0.495 e. The standard InChI is InChI=1S/C10H11ClO3/c1-6-3-8(11)9(14-2)4-7(6)5-10(12)13/h3-4H,5H2,1-2H3,(H,12,13). The smallest absolute Gasteiger partial charge is 0.307 e. The topological polar surface area (TPSA) is 46.5 Å². The number of aliphatic carboxylic acids is 1. The molecule has 0 heterocycles. The summed E-state index contributed by atoms with van der Waals surface area (Å²) in [7, 11) is 1.50. The molecule has 0 aliphatic carbocycles. The van der Waals surface area contributed by atoms with Crippen LogP contribution in [0.3, 0.4) is 0 Å². The fourth-order valence-electron chi connectivity index (χ4n) is 1.20. The van der Waals surface area contributed by atoms with Crippen molar-refractivity contribution in [3.05, 3.63) is 28.3 Å². The van der Waals surface area contributed by atoms with Gasteiger partial charge in [-0.2, -0.15) is 0 Å².